The molecule has 0 aliphatic carbocycles. The van der Waals surface area contributed by atoms with E-state index in [1.165, 1.54) is 0 Å². The highest BCUT2D eigenvalue weighted by molar-refractivity contribution is 5.45. The lowest BCUT2D eigenvalue weighted by molar-refractivity contribution is 0.187. The average molecular weight is 216 g/mol. The minimum atomic E-state index is 0.483. The predicted molar refractivity (Wildman–Crippen MR) is 63.2 cm³/mol. The SMILES string of the molecule is N#CCc1ccc(NCC2CCOC2)cc1. The Morgan fingerprint density at radius 3 is 2.81 bits per heavy atom. The van der Waals surface area contributed by atoms with E-state index in [4.69, 9.17) is 10.00 Å². The van der Waals surface area contributed by atoms with Crippen LogP contribution in [-0.2, 0) is 11.2 Å². The highest BCUT2D eigenvalue weighted by Gasteiger charge is 2.14. The van der Waals surface area contributed by atoms with Gasteiger partial charge in [-0.25, -0.2) is 0 Å². The summed E-state index contributed by atoms with van der Waals surface area (Å²) < 4.78 is 5.32. The third kappa shape index (κ3) is 2.98. The molecule has 16 heavy (non-hydrogen) atoms. The van der Waals surface area contributed by atoms with Gasteiger partial charge in [-0.2, -0.15) is 5.26 Å². The molecular formula is C13H16N2O. The fraction of sp³-hybridized carbons (Fsp3) is 0.462. The maximum atomic E-state index is 8.56. The average Bonchev–Trinajstić information content (AvgIpc) is 2.82. The number of hydrogen-bond acceptors (Lipinski definition) is 3. The van der Waals surface area contributed by atoms with Gasteiger partial charge < -0.3 is 10.1 Å². The molecule has 1 atom stereocenters. The van der Waals surface area contributed by atoms with Crippen LogP contribution in [0.25, 0.3) is 0 Å². The summed E-state index contributed by atoms with van der Waals surface area (Å²) in [4.78, 5) is 0. The molecule has 0 saturated carbocycles. The van der Waals surface area contributed by atoms with Crippen molar-refractivity contribution in [2.45, 2.75) is 12.8 Å². The highest BCUT2D eigenvalue weighted by atomic mass is 16.5. The van der Waals surface area contributed by atoms with Crippen LogP contribution in [0.5, 0.6) is 0 Å². The number of ether oxygens (including phenoxy) is 1. The standard InChI is InChI=1S/C13H16N2O/c14-7-5-11-1-3-13(4-2-11)15-9-12-6-8-16-10-12/h1-4,12,15H,5-6,8-10H2. The van der Waals surface area contributed by atoms with Gasteiger partial charge in [0.2, 0.25) is 0 Å². The van der Waals surface area contributed by atoms with Crippen LogP contribution in [-0.4, -0.2) is 19.8 Å². The van der Waals surface area contributed by atoms with Crippen molar-refractivity contribution >= 4 is 5.69 Å². The maximum absolute atomic E-state index is 8.56. The minimum absolute atomic E-state index is 0.483. The van der Waals surface area contributed by atoms with E-state index >= 15 is 0 Å². The number of nitrogens with zero attached hydrogens (tertiary/aromatic N) is 1. The largest absolute Gasteiger partial charge is 0.385 e. The van der Waals surface area contributed by atoms with E-state index in [1.807, 2.05) is 24.3 Å². The number of hydrogen-bond donors (Lipinski definition) is 1. The second kappa shape index (κ2) is 5.53. The first-order valence-corrected chi connectivity index (χ1v) is 5.66. The molecule has 84 valence electrons. The first-order chi connectivity index (χ1) is 7.88. The number of rotatable bonds is 4. The summed E-state index contributed by atoms with van der Waals surface area (Å²) in [5.74, 6) is 0.638. The van der Waals surface area contributed by atoms with Crippen LogP contribution < -0.4 is 5.32 Å². The first-order valence-electron chi connectivity index (χ1n) is 5.66. The van der Waals surface area contributed by atoms with Gasteiger partial charge in [-0.1, -0.05) is 12.1 Å². The molecule has 0 spiro atoms. The number of anilines is 1. The van der Waals surface area contributed by atoms with Gasteiger partial charge in [0.05, 0.1) is 19.1 Å². The topological polar surface area (TPSA) is 45.0 Å². The van der Waals surface area contributed by atoms with Crippen molar-refractivity contribution in [2.24, 2.45) is 5.92 Å². The third-order valence-corrected chi connectivity index (χ3v) is 2.86. The van der Waals surface area contributed by atoms with E-state index in [1.54, 1.807) is 0 Å². The molecule has 3 nitrogen and oxygen atoms in total. The monoisotopic (exact) mass is 216 g/mol. The quantitative estimate of drug-likeness (QED) is 0.839. The molecule has 1 aliphatic heterocycles. The van der Waals surface area contributed by atoms with Crippen molar-refractivity contribution in [3.63, 3.8) is 0 Å². The van der Waals surface area contributed by atoms with Crippen LogP contribution in [0.4, 0.5) is 5.69 Å². The number of nitriles is 1. The van der Waals surface area contributed by atoms with E-state index in [-0.39, 0.29) is 0 Å². The summed E-state index contributed by atoms with van der Waals surface area (Å²) in [5, 5.41) is 11.9. The maximum Gasteiger partial charge on any atom is 0.0669 e. The summed E-state index contributed by atoms with van der Waals surface area (Å²) in [5.41, 5.74) is 2.19. The van der Waals surface area contributed by atoms with Gasteiger partial charge in [0, 0.05) is 24.8 Å². The van der Waals surface area contributed by atoms with Crippen LogP contribution in [0, 0.1) is 17.2 Å². The molecule has 1 N–H and O–H groups in total. The fourth-order valence-electron chi connectivity index (χ4n) is 1.84. The zero-order chi connectivity index (χ0) is 11.2. The number of nitrogens with one attached hydrogen (secondary N) is 1. The van der Waals surface area contributed by atoms with Gasteiger partial charge in [0.15, 0.2) is 0 Å². The molecular weight excluding hydrogens is 200 g/mol. The molecule has 1 saturated heterocycles. The van der Waals surface area contributed by atoms with Crippen molar-refractivity contribution < 1.29 is 4.74 Å². The van der Waals surface area contributed by atoms with Crippen LogP contribution in [0.1, 0.15) is 12.0 Å². The van der Waals surface area contributed by atoms with E-state index in [0.29, 0.717) is 12.3 Å². The Hall–Kier alpha value is -1.53. The second-order valence-electron chi connectivity index (χ2n) is 4.14. The van der Waals surface area contributed by atoms with Crippen molar-refractivity contribution in [1.29, 1.82) is 5.26 Å². The van der Waals surface area contributed by atoms with Crippen molar-refractivity contribution in [2.75, 3.05) is 25.1 Å². The molecule has 0 radical (unpaired) electrons. The highest BCUT2D eigenvalue weighted by Crippen LogP contribution is 2.15. The van der Waals surface area contributed by atoms with Crippen molar-refractivity contribution in [1.82, 2.24) is 0 Å². The lowest BCUT2D eigenvalue weighted by atomic mass is 10.1. The molecule has 1 aromatic rings. The van der Waals surface area contributed by atoms with Gasteiger partial charge in [0.25, 0.3) is 0 Å². The molecule has 1 fully saturated rings. The van der Waals surface area contributed by atoms with Crippen LogP contribution in [0.2, 0.25) is 0 Å². The lowest BCUT2D eigenvalue weighted by Gasteiger charge is -2.10. The van der Waals surface area contributed by atoms with Gasteiger partial charge in [-0.3, -0.25) is 0 Å². The third-order valence-electron chi connectivity index (χ3n) is 2.86. The zero-order valence-electron chi connectivity index (χ0n) is 9.28. The van der Waals surface area contributed by atoms with Crippen LogP contribution in [0.3, 0.4) is 0 Å². The Labute approximate surface area is 96.0 Å². The van der Waals surface area contributed by atoms with Crippen molar-refractivity contribution in [3.05, 3.63) is 29.8 Å². The summed E-state index contributed by atoms with van der Waals surface area (Å²) in [6.07, 6.45) is 1.64. The van der Waals surface area contributed by atoms with Crippen molar-refractivity contribution in [3.8, 4) is 6.07 Å². The Balaban J connectivity index is 1.82. The Kier molecular flexibility index (Phi) is 3.79. The molecule has 1 aromatic carbocycles. The molecule has 1 heterocycles. The minimum Gasteiger partial charge on any atom is -0.385 e. The molecule has 3 heteroatoms. The predicted octanol–water partition coefficient (Wildman–Crippen LogP) is 2.20. The van der Waals surface area contributed by atoms with Gasteiger partial charge >= 0.3 is 0 Å². The van der Waals surface area contributed by atoms with Gasteiger partial charge in [0.1, 0.15) is 0 Å². The van der Waals surface area contributed by atoms with E-state index in [2.05, 4.69) is 11.4 Å². The Morgan fingerprint density at radius 2 is 2.19 bits per heavy atom. The Bertz CT molecular complexity index is 361. The van der Waals surface area contributed by atoms with Crippen LogP contribution in [0.15, 0.2) is 24.3 Å². The summed E-state index contributed by atoms with van der Waals surface area (Å²) in [7, 11) is 0. The van der Waals surface area contributed by atoms with E-state index in [9.17, 15) is 0 Å². The first kappa shape index (κ1) is 11.0. The van der Waals surface area contributed by atoms with Gasteiger partial charge in [-0.05, 0) is 24.1 Å². The molecule has 1 unspecified atom stereocenters. The van der Waals surface area contributed by atoms with E-state index in [0.717, 1.165) is 37.4 Å². The number of benzene rings is 1. The fourth-order valence-corrected chi connectivity index (χ4v) is 1.84. The second-order valence-corrected chi connectivity index (χ2v) is 4.14. The lowest BCUT2D eigenvalue weighted by Crippen LogP contribution is -2.13. The normalized spacial score (nSPS) is 19.3. The zero-order valence-corrected chi connectivity index (χ0v) is 9.28. The molecule has 0 amide bonds. The van der Waals surface area contributed by atoms with Crippen LogP contribution >= 0.6 is 0 Å². The molecule has 1 aliphatic rings. The smallest absolute Gasteiger partial charge is 0.0669 e. The van der Waals surface area contributed by atoms with Gasteiger partial charge in [-0.15, -0.1) is 0 Å². The Morgan fingerprint density at radius 1 is 1.38 bits per heavy atom. The van der Waals surface area contributed by atoms with E-state index < -0.39 is 0 Å². The summed E-state index contributed by atoms with van der Waals surface area (Å²) in [6, 6.07) is 10.2. The summed E-state index contributed by atoms with van der Waals surface area (Å²) in [6.45, 7) is 2.74. The summed E-state index contributed by atoms with van der Waals surface area (Å²) >= 11 is 0. The molecule has 2 rings (SSSR count). The molecule has 0 aromatic heterocycles. The molecule has 0 bridgehead atoms.